The molecule has 1 rings (SSSR count). The molecule has 0 aromatic heterocycles. The number of nitrogens with one attached hydrogen (secondary N) is 1. The fraction of sp³-hybridized carbons (Fsp3) is 0.357. The molecular weight excluding hydrogens is 233 g/mol. The molecule has 3 nitrogen and oxygen atoms in total. The predicted molar refractivity (Wildman–Crippen MR) is 69.3 cm³/mol. The Bertz CT molecular complexity index is 430. The zero-order valence-corrected chi connectivity index (χ0v) is 10.6. The summed E-state index contributed by atoms with van der Waals surface area (Å²) < 4.78 is 12.9. The monoisotopic (exact) mass is 251 g/mol. The van der Waals surface area contributed by atoms with E-state index in [4.69, 9.17) is 5.11 Å². The summed E-state index contributed by atoms with van der Waals surface area (Å²) in [5.41, 5.74) is 0.621. The highest BCUT2D eigenvalue weighted by Gasteiger charge is 2.13. The fourth-order valence-corrected chi connectivity index (χ4v) is 1.44. The van der Waals surface area contributed by atoms with Gasteiger partial charge in [-0.2, -0.15) is 0 Å². The summed E-state index contributed by atoms with van der Waals surface area (Å²) in [6.07, 6.45) is 2.87. The van der Waals surface area contributed by atoms with E-state index in [9.17, 15) is 9.18 Å². The minimum atomic E-state index is -0.340. The van der Waals surface area contributed by atoms with Gasteiger partial charge < -0.3 is 10.4 Å². The number of benzene rings is 1. The van der Waals surface area contributed by atoms with E-state index < -0.39 is 0 Å². The van der Waals surface area contributed by atoms with Crippen LogP contribution < -0.4 is 5.32 Å². The summed E-state index contributed by atoms with van der Waals surface area (Å²) in [6.45, 7) is 3.73. The molecule has 1 aromatic carbocycles. The highest BCUT2D eigenvalue weighted by Crippen LogP contribution is 2.05. The lowest BCUT2D eigenvalue weighted by atomic mass is 10.1. The SMILES string of the molecule is CC(C)C(CO)NC(=O)C=Cc1cccc(F)c1. The molecule has 2 N–H and O–H groups in total. The average molecular weight is 251 g/mol. The molecule has 0 aliphatic carbocycles. The number of hydrogen-bond acceptors (Lipinski definition) is 2. The molecular formula is C14H18FNO2. The largest absolute Gasteiger partial charge is 0.394 e. The number of aliphatic hydroxyl groups is 1. The van der Waals surface area contributed by atoms with Crippen molar-refractivity contribution in [2.24, 2.45) is 5.92 Å². The van der Waals surface area contributed by atoms with Crippen LogP contribution in [-0.4, -0.2) is 23.7 Å². The predicted octanol–water partition coefficient (Wildman–Crippen LogP) is 1.97. The van der Waals surface area contributed by atoms with E-state index in [1.807, 2.05) is 13.8 Å². The molecule has 18 heavy (non-hydrogen) atoms. The molecule has 0 heterocycles. The summed E-state index contributed by atoms with van der Waals surface area (Å²) in [6, 6.07) is 5.71. The van der Waals surface area contributed by atoms with Gasteiger partial charge in [-0.25, -0.2) is 4.39 Å². The van der Waals surface area contributed by atoms with Crippen LogP contribution in [0.2, 0.25) is 0 Å². The fourth-order valence-electron chi connectivity index (χ4n) is 1.44. The van der Waals surface area contributed by atoms with Crippen LogP contribution in [0, 0.1) is 11.7 Å². The molecule has 0 aliphatic rings. The Kier molecular flexibility index (Phi) is 5.52. The standard InChI is InChI=1S/C14H18FNO2/c1-10(2)13(9-17)16-14(18)7-6-11-4-3-5-12(15)8-11/h3-8,10,13,17H,9H2,1-2H3,(H,16,18). The van der Waals surface area contributed by atoms with Crippen molar-refractivity contribution in [3.05, 3.63) is 41.7 Å². The van der Waals surface area contributed by atoms with E-state index in [-0.39, 0.29) is 30.3 Å². The van der Waals surface area contributed by atoms with Gasteiger partial charge in [-0.3, -0.25) is 4.79 Å². The Hall–Kier alpha value is -1.68. The number of amides is 1. The lowest BCUT2D eigenvalue weighted by molar-refractivity contribution is -0.117. The van der Waals surface area contributed by atoms with E-state index in [0.717, 1.165) is 0 Å². The van der Waals surface area contributed by atoms with Gasteiger partial charge in [0.15, 0.2) is 0 Å². The second-order valence-corrected chi connectivity index (χ2v) is 4.43. The highest BCUT2D eigenvalue weighted by molar-refractivity contribution is 5.91. The Labute approximate surface area is 106 Å². The molecule has 1 aromatic rings. The molecule has 1 atom stereocenters. The lowest BCUT2D eigenvalue weighted by Crippen LogP contribution is -2.40. The van der Waals surface area contributed by atoms with Crippen molar-refractivity contribution in [2.45, 2.75) is 19.9 Å². The third-order valence-corrected chi connectivity index (χ3v) is 2.60. The van der Waals surface area contributed by atoms with Gasteiger partial charge in [0.05, 0.1) is 12.6 Å². The normalized spacial score (nSPS) is 12.9. The van der Waals surface area contributed by atoms with E-state index in [2.05, 4.69) is 5.32 Å². The Morgan fingerprint density at radius 3 is 2.78 bits per heavy atom. The van der Waals surface area contributed by atoms with Crippen LogP contribution >= 0.6 is 0 Å². The van der Waals surface area contributed by atoms with Crippen molar-refractivity contribution in [2.75, 3.05) is 6.61 Å². The number of aliphatic hydroxyl groups excluding tert-OH is 1. The minimum absolute atomic E-state index is 0.1000. The quantitative estimate of drug-likeness (QED) is 0.786. The van der Waals surface area contributed by atoms with Crippen molar-refractivity contribution in [3.8, 4) is 0 Å². The van der Waals surface area contributed by atoms with E-state index >= 15 is 0 Å². The summed E-state index contributed by atoms with van der Waals surface area (Å²) in [4.78, 5) is 11.6. The van der Waals surface area contributed by atoms with Crippen LogP contribution in [-0.2, 0) is 4.79 Å². The van der Waals surface area contributed by atoms with Gasteiger partial charge in [0.25, 0.3) is 0 Å². The highest BCUT2D eigenvalue weighted by atomic mass is 19.1. The molecule has 4 heteroatoms. The first-order valence-electron chi connectivity index (χ1n) is 5.88. The first-order valence-corrected chi connectivity index (χ1v) is 5.88. The summed E-state index contributed by atoms with van der Waals surface area (Å²) in [7, 11) is 0. The first kappa shape index (κ1) is 14.4. The van der Waals surface area contributed by atoms with Crippen molar-refractivity contribution >= 4 is 12.0 Å². The van der Waals surface area contributed by atoms with Crippen LogP contribution in [0.4, 0.5) is 4.39 Å². The first-order chi connectivity index (χ1) is 8.52. The molecule has 1 unspecified atom stereocenters. The van der Waals surface area contributed by atoms with Crippen LogP contribution in [0.15, 0.2) is 30.3 Å². The molecule has 0 bridgehead atoms. The number of carbonyl (C=O) groups excluding carboxylic acids is 1. The second-order valence-electron chi connectivity index (χ2n) is 4.43. The number of hydrogen-bond donors (Lipinski definition) is 2. The summed E-state index contributed by atoms with van der Waals surface area (Å²) >= 11 is 0. The van der Waals surface area contributed by atoms with Crippen molar-refractivity contribution in [1.82, 2.24) is 5.32 Å². The van der Waals surface area contributed by atoms with E-state index in [1.54, 1.807) is 12.1 Å². The molecule has 1 amide bonds. The Morgan fingerprint density at radius 1 is 1.50 bits per heavy atom. The maximum absolute atomic E-state index is 12.9. The molecule has 98 valence electrons. The van der Waals surface area contributed by atoms with Gasteiger partial charge >= 0.3 is 0 Å². The van der Waals surface area contributed by atoms with Gasteiger partial charge in [-0.05, 0) is 29.7 Å². The maximum atomic E-state index is 12.9. The Balaban J connectivity index is 2.59. The third-order valence-electron chi connectivity index (χ3n) is 2.60. The van der Waals surface area contributed by atoms with Gasteiger partial charge in [0, 0.05) is 6.08 Å². The lowest BCUT2D eigenvalue weighted by Gasteiger charge is -2.18. The zero-order chi connectivity index (χ0) is 13.5. The van der Waals surface area contributed by atoms with Crippen molar-refractivity contribution < 1.29 is 14.3 Å². The van der Waals surface area contributed by atoms with Crippen LogP contribution in [0.1, 0.15) is 19.4 Å². The number of rotatable bonds is 5. The van der Waals surface area contributed by atoms with E-state index in [0.29, 0.717) is 5.56 Å². The van der Waals surface area contributed by atoms with Crippen LogP contribution in [0.25, 0.3) is 6.08 Å². The van der Waals surface area contributed by atoms with E-state index in [1.165, 1.54) is 24.3 Å². The van der Waals surface area contributed by atoms with Crippen molar-refractivity contribution in [3.63, 3.8) is 0 Å². The van der Waals surface area contributed by atoms with Crippen LogP contribution in [0.3, 0.4) is 0 Å². The molecule has 0 radical (unpaired) electrons. The van der Waals surface area contributed by atoms with Gasteiger partial charge in [-0.15, -0.1) is 0 Å². The third kappa shape index (κ3) is 4.67. The number of halogens is 1. The maximum Gasteiger partial charge on any atom is 0.244 e. The average Bonchev–Trinajstić information content (AvgIpc) is 2.33. The molecule has 0 fully saturated rings. The topological polar surface area (TPSA) is 49.3 Å². The molecule has 0 saturated heterocycles. The second kappa shape index (κ2) is 6.91. The molecule has 0 saturated carbocycles. The molecule has 0 aliphatic heterocycles. The number of carbonyl (C=O) groups is 1. The van der Waals surface area contributed by atoms with Gasteiger partial charge in [0.1, 0.15) is 5.82 Å². The summed E-state index contributed by atoms with van der Waals surface area (Å²) in [5, 5.41) is 11.8. The van der Waals surface area contributed by atoms with Crippen molar-refractivity contribution in [1.29, 1.82) is 0 Å². The van der Waals surface area contributed by atoms with Gasteiger partial charge in [0.2, 0.25) is 5.91 Å². The zero-order valence-electron chi connectivity index (χ0n) is 10.6. The molecule has 0 spiro atoms. The summed E-state index contributed by atoms with van der Waals surface area (Å²) in [5.74, 6) is -0.485. The minimum Gasteiger partial charge on any atom is -0.394 e. The smallest absolute Gasteiger partial charge is 0.244 e. The Morgan fingerprint density at radius 2 is 2.22 bits per heavy atom. The van der Waals surface area contributed by atoms with Gasteiger partial charge in [-0.1, -0.05) is 26.0 Å². The van der Waals surface area contributed by atoms with Crippen LogP contribution in [0.5, 0.6) is 0 Å².